The maximum Gasteiger partial charge on any atom is 0.0278 e. The highest BCUT2D eigenvalue weighted by Crippen LogP contribution is 2.42. The first-order chi connectivity index (χ1) is 8.13. The lowest BCUT2D eigenvalue weighted by Crippen LogP contribution is -2.49. The summed E-state index contributed by atoms with van der Waals surface area (Å²) in [5.41, 5.74) is 0.400. The summed E-state index contributed by atoms with van der Waals surface area (Å²) in [4.78, 5) is 5.41. The first-order valence-corrected chi connectivity index (χ1v) is 7.25. The van der Waals surface area contributed by atoms with Crippen molar-refractivity contribution in [2.24, 2.45) is 5.41 Å². The first kappa shape index (κ1) is 12.9. The topological polar surface area (TPSA) is 24.9 Å². The van der Waals surface area contributed by atoms with Gasteiger partial charge in [0.1, 0.15) is 0 Å². The number of aromatic nitrogens is 1. The summed E-state index contributed by atoms with van der Waals surface area (Å²) in [7, 11) is 2.10. The predicted octanol–water partition coefficient (Wildman–Crippen LogP) is 3.34. The van der Waals surface area contributed by atoms with Crippen molar-refractivity contribution < 1.29 is 0 Å². The third-order valence-electron chi connectivity index (χ3n) is 3.77. The van der Waals surface area contributed by atoms with Gasteiger partial charge in [0.25, 0.3) is 0 Å². The van der Waals surface area contributed by atoms with E-state index < -0.39 is 0 Å². The minimum Gasteiger partial charge on any atom is -0.315 e. The molecule has 2 nitrogen and oxygen atoms in total. The fourth-order valence-electron chi connectivity index (χ4n) is 2.88. The van der Waals surface area contributed by atoms with Crippen LogP contribution in [0.5, 0.6) is 0 Å². The van der Waals surface area contributed by atoms with E-state index in [1.165, 1.54) is 24.2 Å². The van der Waals surface area contributed by atoms with Crippen LogP contribution in [0.4, 0.5) is 0 Å². The molecular weight excluding hydrogens is 228 g/mol. The van der Waals surface area contributed by atoms with E-state index in [0.717, 1.165) is 0 Å². The van der Waals surface area contributed by atoms with Gasteiger partial charge >= 0.3 is 0 Å². The molecule has 1 aliphatic rings. The van der Waals surface area contributed by atoms with Crippen molar-refractivity contribution in [1.29, 1.82) is 0 Å². The van der Waals surface area contributed by atoms with Gasteiger partial charge < -0.3 is 5.32 Å². The van der Waals surface area contributed by atoms with E-state index in [1.54, 1.807) is 0 Å². The molecule has 1 heterocycles. The van der Waals surface area contributed by atoms with E-state index in [1.807, 2.05) is 24.2 Å². The van der Waals surface area contributed by atoms with E-state index in [-0.39, 0.29) is 0 Å². The Bertz CT molecular complexity index is 350. The zero-order valence-electron chi connectivity index (χ0n) is 10.9. The lowest BCUT2D eigenvalue weighted by atomic mass is 9.73. The summed E-state index contributed by atoms with van der Waals surface area (Å²) in [6, 6.07) is 4.81. The molecule has 0 spiro atoms. The van der Waals surface area contributed by atoms with Gasteiger partial charge in [0.2, 0.25) is 0 Å². The molecule has 0 aromatic carbocycles. The molecular formula is C14H22N2S. The number of nitrogens with zero attached hydrogens (tertiary/aromatic N) is 1. The van der Waals surface area contributed by atoms with Crippen LogP contribution in [0.2, 0.25) is 0 Å². The lowest BCUT2D eigenvalue weighted by Gasteiger charge is -2.43. The van der Waals surface area contributed by atoms with E-state index in [4.69, 9.17) is 0 Å². The number of rotatable bonds is 3. The van der Waals surface area contributed by atoms with Gasteiger partial charge in [-0.15, -0.1) is 11.8 Å². The Morgan fingerprint density at radius 1 is 1.35 bits per heavy atom. The second-order valence-corrected chi connectivity index (χ2v) is 6.80. The Morgan fingerprint density at radius 3 is 2.71 bits per heavy atom. The molecule has 1 aliphatic carbocycles. The van der Waals surface area contributed by atoms with Crippen LogP contribution in [0.1, 0.15) is 33.1 Å². The van der Waals surface area contributed by atoms with Gasteiger partial charge in [-0.1, -0.05) is 20.3 Å². The van der Waals surface area contributed by atoms with Crippen LogP contribution in [0.15, 0.2) is 29.4 Å². The summed E-state index contributed by atoms with van der Waals surface area (Å²) >= 11 is 2.00. The van der Waals surface area contributed by atoms with Crippen molar-refractivity contribution in [3.63, 3.8) is 0 Å². The van der Waals surface area contributed by atoms with Crippen molar-refractivity contribution >= 4 is 11.8 Å². The monoisotopic (exact) mass is 250 g/mol. The number of thioether (sulfide) groups is 1. The van der Waals surface area contributed by atoms with Gasteiger partial charge in [-0.3, -0.25) is 4.98 Å². The SMILES string of the molecule is CNC1C(Sc2ccncc2)CCCC1(C)C. The van der Waals surface area contributed by atoms with E-state index >= 15 is 0 Å². The van der Waals surface area contributed by atoms with Crippen LogP contribution in [0, 0.1) is 5.41 Å². The molecule has 0 bridgehead atoms. The number of pyridine rings is 1. The maximum atomic E-state index is 4.08. The Balaban J connectivity index is 2.09. The Morgan fingerprint density at radius 2 is 2.06 bits per heavy atom. The fraction of sp³-hybridized carbons (Fsp3) is 0.643. The van der Waals surface area contributed by atoms with Crippen LogP contribution in [-0.4, -0.2) is 23.3 Å². The Kier molecular flexibility index (Phi) is 4.10. The Labute approximate surface area is 109 Å². The van der Waals surface area contributed by atoms with Gasteiger partial charge in [-0.25, -0.2) is 0 Å². The van der Waals surface area contributed by atoms with Crippen LogP contribution in [-0.2, 0) is 0 Å². The molecule has 1 fully saturated rings. The third-order valence-corrected chi connectivity index (χ3v) is 5.13. The normalized spacial score (nSPS) is 27.9. The molecule has 1 saturated carbocycles. The molecule has 17 heavy (non-hydrogen) atoms. The number of nitrogens with one attached hydrogen (secondary N) is 1. The molecule has 2 rings (SSSR count). The second-order valence-electron chi connectivity index (χ2n) is 5.49. The predicted molar refractivity (Wildman–Crippen MR) is 74.4 cm³/mol. The van der Waals surface area contributed by atoms with Gasteiger partial charge in [0.05, 0.1) is 0 Å². The average Bonchev–Trinajstić information content (AvgIpc) is 2.29. The summed E-state index contributed by atoms with van der Waals surface area (Å²) in [6.07, 6.45) is 7.73. The van der Waals surface area contributed by atoms with Crippen molar-refractivity contribution in [2.75, 3.05) is 7.05 Å². The van der Waals surface area contributed by atoms with E-state index in [9.17, 15) is 0 Å². The van der Waals surface area contributed by atoms with Gasteiger partial charge in [0.15, 0.2) is 0 Å². The summed E-state index contributed by atoms with van der Waals surface area (Å²) in [5.74, 6) is 0. The maximum absolute atomic E-state index is 4.08. The smallest absolute Gasteiger partial charge is 0.0278 e. The molecule has 0 radical (unpaired) electrons. The average molecular weight is 250 g/mol. The van der Waals surface area contributed by atoms with Crippen molar-refractivity contribution in [2.45, 2.75) is 49.3 Å². The highest BCUT2D eigenvalue weighted by atomic mass is 32.2. The molecule has 1 aromatic rings. The van der Waals surface area contributed by atoms with Gasteiger partial charge in [-0.2, -0.15) is 0 Å². The van der Waals surface area contributed by atoms with Crippen LogP contribution in [0.3, 0.4) is 0 Å². The molecule has 0 amide bonds. The van der Waals surface area contributed by atoms with Gasteiger partial charge in [-0.05, 0) is 37.4 Å². The molecule has 0 aliphatic heterocycles. The van der Waals surface area contributed by atoms with E-state index in [0.29, 0.717) is 16.7 Å². The third kappa shape index (κ3) is 3.02. The molecule has 94 valence electrons. The zero-order valence-corrected chi connectivity index (χ0v) is 11.8. The van der Waals surface area contributed by atoms with Gasteiger partial charge in [0, 0.05) is 28.6 Å². The number of hydrogen-bond acceptors (Lipinski definition) is 3. The largest absolute Gasteiger partial charge is 0.315 e. The quantitative estimate of drug-likeness (QED) is 0.890. The van der Waals surface area contributed by atoms with E-state index in [2.05, 4.69) is 43.3 Å². The second kappa shape index (κ2) is 5.40. The molecule has 0 saturated heterocycles. The van der Waals surface area contributed by atoms with Crippen LogP contribution >= 0.6 is 11.8 Å². The fourth-order valence-corrected chi connectivity index (χ4v) is 4.43. The van der Waals surface area contributed by atoms with Crippen molar-refractivity contribution in [3.8, 4) is 0 Å². The number of hydrogen-bond donors (Lipinski definition) is 1. The molecule has 2 unspecified atom stereocenters. The van der Waals surface area contributed by atoms with Crippen LogP contribution in [0.25, 0.3) is 0 Å². The molecule has 3 heteroatoms. The highest BCUT2D eigenvalue weighted by molar-refractivity contribution is 8.00. The minimum atomic E-state index is 0.400. The zero-order chi connectivity index (χ0) is 12.3. The highest BCUT2D eigenvalue weighted by Gasteiger charge is 2.38. The van der Waals surface area contributed by atoms with Crippen molar-refractivity contribution in [3.05, 3.63) is 24.5 Å². The Hall–Kier alpha value is -0.540. The summed E-state index contributed by atoms with van der Waals surface area (Å²) in [6.45, 7) is 4.76. The van der Waals surface area contributed by atoms with Crippen LogP contribution < -0.4 is 5.32 Å². The first-order valence-electron chi connectivity index (χ1n) is 6.37. The molecule has 1 aromatic heterocycles. The summed E-state index contributed by atoms with van der Waals surface area (Å²) in [5, 5.41) is 4.20. The lowest BCUT2D eigenvalue weighted by molar-refractivity contribution is 0.182. The molecule has 1 N–H and O–H groups in total. The summed E-state index contributed by atoms with van der Waals surface area (Å²) < 4.78 is 0. The minimum absolute atomic E-state index is 0.400. The molecule has 2 atom stereocenters. The van der Waals surface area contributed by atoms with Crippen molar-refractivity contribution in [1.82, 2.24) is 10.3 Å². The standard InChI is InChI=1S/C14H22N2S/c1-14(2)8-4-5-12(13(14)15-3)17-11-6-9-16-10-7-11/h6-7,9-10,12-13,15H,4-5,8H2,1-3H3.